The van der Waals surface area contributed by atoms with Crippen molar-refractivity contribution in [3.05, 3.63) is 58.0 Å². The number of nitrogens with zero attached hydrogens (tertiary/aromatic N) is 5. The number of aromatic nitrogens is 3. The Hall–Kier alpha value is -4.11. The van der Waals surface area contributed by atoms with Gasteiger partial charge in [-0.1, -0.05) is 6.07 Å². The molecule has 4 atom stereocenters. The van der Waals surface area contributed by atoms with E-state index in [9.17, 15) is 31.9 Å². The Kier molecular flexibility index (Phi) is 6.13. The number of nitrogens with one attached hydrogen (secondary N) is 1. The molecule has 0 saturated carbocycles. The number of rotatable bonds is 5. The Morgan fingerprint density at radius 1 is 1.13 bits per heavy atom. The fourth-order valence-electron chi connectivity index (χ4n) is 7.63. The molecule has 0 unspecified atom stereocenters. The Morgan fingerprint density at radius 2 is 1.89 bits per heavy atom. The van der Waals surface area contributed by atoms with Crippen LogP contribution in [0.5, 0.6) is 11.8 Å². The van der Waals surface area contributed by atoms with Gasteiger partial charge in [0.2, 0.25) is 0 Å². The molecule has 248 valence electrons. The van der Waals surface area contributed by atoms with E-state index < -0.39 is 82.1 Å². The molecule has 0 aliphatic carbocycles. The Bertz CT molecular complexity index is 2120. The first-order valence-electron chi connectivity index (χ1n) is 16.8. The average molecular weight is 664 g/mol. The maximum atomic E-state index is 15.3. The fraction of sp³-hybridized carbons (Fsp3) is 0.469. The van der Waals surface area contributed by atoms with Gasteiger partial charge in [-0.15, -0.1) is 0 Å². The smallest absolute Gasteiger partial charge is 0.431 e. The van der Waals surface area contributed by atoms with E-state index in [1.807, 2.05) is 0 Å². The fourth-order valence-corrected chi connectivity index (χ4v) is 7.63. The molecule has 4 aliphatic rings. The van der Waals surface area contributed by atoms with Crippen LogP contribution in [0.3, 0.4) is 0 Å². The first kappa shape index (κ1) is 26.9. The molecule has 0 spiro atoms. The second-order valence-corrected chi connectivity index (χ2v) is 12.7. The summed E-state index contributed by atoms with van der Waals surface area (Å²) < 4.78 is 121. The van der Waals surface area contributed by atoms with E-state index in [1.54, 1.807) is 4.90 Å². The van der Waals surface area contributed by atoms with E-state index in [1.165, 1.54) is 4.90 Å². The van der Waals surface area contributed by atoms with Crippen LogP contribution in [-0.4, -0.2) is 81.0 Å². The lowest BCUT2D eigenvalue weighted by molar-refractivity contribution is -0.142. The van der Waals surface area contributed by atoms with Gasteiger partial charge in [0.25, 0.3) is 5.56 Å². The average Bonchev–Trinajstić information content (AvgIpc) is 3.66. The molecule has 47 heavy (non-hydrogen) atoms. The predicted molar refractivity (Wildman–Crippen MR) is 160 cm³/mol. The van der Waals surface area contributed by atoms with Crippen LogP contribution in [0.15, 0.2) is 35.1 Å². The molecule has 2 aromatic heterocycles. The topological polar surface area (TPSA) is 95.8 Å². The molecule has 0 radical (unpaired) electrons. The number of alkyl halides is 4. The summed E-state index contributed by atoms with van der Waals surface area (Å²) in [5, 5.41) is 12.6. The summed E-state index contributed by atoms with van der Waals surface area (Å²) in [6, 6.07) is 3.29. The van der Waals surface area contributed by atoms with Crippen LogP contribution in [0.25, 0.3) is 27.4 Å². The number of anilines is 1. The third kappa shape index (κ3) is 4.96. The molecule has 0 amide bonds. The highest BCUT2D eigenvalue weighted by atomic mass is 19.4. The molecule has 9 nitrogen and oxygen atoms in total. The summed E-state index contributed by atoms with van der Waals surface area (Å²) in [4.78, 5) is 26.1. The zero-order valence-corrected chi connectivity index (χ0v) is 24.7. The van der Waals surface area contributed by atoms with E-state index in [4.69, 9.17) is 8.85 Å². The number of pyridine rings is 1. The molecule has 4 aliphatic heterocycles. The maximum absolute atomic E-state index is 15.3. The third-order valence-electron chi connectivity index (χ3n) is 9.65. The van der Waals surface area contributed by atoms with Gasteiger partial charge < -0.3 is 20.1 Å². The molecular weight excluding hydrogens is 630 g/mol. The van der Waals surface area contributed by atoms with Crippen LogP contribution in [0, 0.1) is 11.6 Å². The number of hydrogen-bond acceptors (Lipinski definition) is 8. The number of piperazine rings is 1. The minimum Gasteiger partial charge on any atom is -0.508 e. The number of phenolic OH excluding ortho intramolecular Hbond substituents is 1. The van der Waals surface area contributed by atoms with Crippen molar-refractivity contribution in [1.29, 1.82) is 0 Å². The van der Waals surface area contributed by atoms with Crippen molar-refractivity contribution in [2.24, 2.45) is 0 Å². The van der Waals surface area contributed by atoms with Gasteiger partial charge in [-0.2, -0.15) is 23.1 Å². The number of ether oxygens (including phenoxy) is 1. The SMILES string of the molecule is [2H]C([2H])(Oc1nc(N2C[C@H]3CC[C@@H](C2)N3)c2cc(C(F)(F)F)n(-c3cc(O)cc4ccc(F)c(F)c34)c(=O)c2n1)[C@@]12CCCN1C[C@]([2H])(F)C2. The minimum atomic E-state index is -5.25. The zero-order chi connectivity index (χ0) is 35.5. The molecule has 4 aromatic rings. The molecule has 2 bridgehead atoms. The highest BCUT2D eigenvalue weighted by Crippen LogP contribution is 2.42. The molecule has 4 fully saturated rings. The molecule has 6 heterocycles. The lowest BCUT2D eigenvalue weighted by Crippen LogP contribution is -2.51. The number of phenols is 1. The van der Waals surface area contributed by atoms with E-state index in [2.05, 4.69) is 15.3 Å². The lowest BCUT2D eigenvalue weighted by Gasteiger charge is -2.34. The maximum Gasteiger partial charge on any atom is 0.431 e. The Morgan fingerprint density at radius 3 is 2.64 bits per heavy atom. The van der Waals surface area contributed by atoms with Crippen LogP contribution in [0.2, 0.25) is 0 Å². The van der Waals surface area contributed by atoms with Crippen molar-refractivity contribution in [2.75, 3.05) is 37.6 Å². The van der Waals surface area contributed by atoms with Gasteiger partial charge in [0.15, 0.2) is 11.6 Å². The second-order valence-electron chi connectivity index (χ2n) is 12.7. The highest BCUT2D eigenvalue weighted by Gasteiger charge is 2.49. The second kappa shape index (κ2) is 10.7. The summed E-state index contributed by atoms with van der Waals surface area (Å²) >= 11 is 0. The van der Waals surface area contributed by atoms with Crippen LogP contribution in [0.1, 0.15) is 41.9 Å². The van der Waals surface area contributed by atoms with Crippen molar-refractivity contribution in [2.45, 2.75) is 62.1 Å². The minimum absolute atomic E-state index is 0.0484. The summed E-state index contributed by atoms with van der Waals surface area (Å²) in [5.41, 5.74) is -6.08. The normalized spacial score (nSPS) is 28.9. The lowest BCUT2D eigenvalue weighted by atomic mass is 9.95. The summed E-state index contributed by atoms with van der Waals surface area (Å²) in [6.07, 6.45) is -6.05. The zero-order valence-electron chi connectivity index (χ0n) is 27.7. The van der Waals surface area contributed by atoms with Crippen LogP contribution < -0.4 is 20.5 Å². The molecule has 15 heteroatoms. The third-order valence-corrected chi connectivity index (χ3v) is 9.65. The van der Waals surface area contributed by atoms with Gasteiger partial charge in [0, 0.05) is 49.6 Å². The number of benzene rings is 2. The van der Waals surface area contributed by atoms with Gasteiger partial charge in [0.05, 0.1) is 20.7 Å². The van der Waals surface area contributed by atoms with Crippen molar-refractivity contribution in [3.8, 4) is 17.4 Å². The Labute approximate surface area is 268 Å². The van der Waals surface area contributed by atoms with Crippen molar-refractivity contribution in [1.82, 2.24) is 24.8 Å². The van der Waals surface area contributed by atoms with Gasteiger partial charge in [-0.25, -0.2) is 13.2 Å². The first-order chi connectivity index (χ1) is 23.5. The van der Waals surface area contributed by atoms with E-state index in [-0.39, 0.29) is 59.3 Å². The molecule has 2 aromatic carbocycles. The number of hydrogen-bond donors (Lipinski definition) is 2. The van der Waals surface area contributed by atoms with E-state index in [0.29, 0.717) is 25.1 Å². The largest absolute Gasteiger partial charge is 0.508 e. The van der Waals surface area contributed by atoms with Crippen molar-refractivity contribution < 1.29 is 40.3 Å². The van der Waals surface area contributed by atoms with Gasteiger partial charge in [-0.05, 0) is 55.8 Å². The number of aromatic hydroxyl groups is 1. The van der Waals surface area contributed by atoms with E-state index >= 15 is 4.39 Å². The van der Waals surface area contributed by atoms with Gasteiger partial charge >= 0.3 is 12.2 Å². The quantitative estimate of drug-likeness (QED) is 0.294. The van der Waals surface area contributed by atoms with E-state index in [0.717, 1.165) is 31.0 Å². The molecular formula is C32H30F6N6O3. The van der Waals surface area contributed by atoms with Crippen molar-refractivity contribution >= 4 is 27.5 Å². The van der Waals surface area contributed by atoms with Gasteiger partial charge in [-0.3, -0.25) is 14.3 Å². The van der Waals surface area contributed by atoms with Crippen molar-refractivity contribution in [3.63, 3.8) is 0 Å². The standard InChI is InChI=1S/C32H30F6N6O3/c33-17-11-31(6-1-7-43(31)12-17)15-47-30-40-27-21(28(41-30)42-13-18-3-4-19(14-42)39-18)10-24(32(36,37)38)44(29(27)46)23-9-20(45)8-16-2-5-22(34)26(35)25(16)23/h2,5,8-10,17-19,39,45H,1,3-4,6-7,11-15H2/t17-,18-,19+,31+/m1/s1/i15D2,17D. The molecule has 2 N–H and O–H groups in total. The summed E-state index contributed by atoms with van der Waals surface area (Å²) in [5.74, 6) is -3.73. The number of halogens is 6. The van der Waals surface area contributed by atoms with Crippen LogP contribution in [-0.2, 0) is 6.18 Å². The van der Waals surface area contributed by atoms with Gasteiger partial charge in [0.1, 0.15) is 35.5 Å². The first-order valence-corrected chi connectivity index (χ1v) is 15.3. The van der Waals surface area contributed by atoms with Crippen LogP contribution >= 0.6 is 0 Å². The Balaban J connectivity index is 1.38. The highest BCUT2D eigenvalue weighted by molar-refractivity contribution is 5.94. The predicted octanol–water partition coefficient (Wildman–Crippen LogP) is 4.83. The summed E-state index contributed by atoms with van der Waals surface area (Å²) in [6.45, 7) is -2.22. The van der Waals surface area contributed by atoms with Crippen LogP contribution in [0.4, 0.5) is 32.2 Å². The number of fused-ring (bicyclic) bond motifs is 5. The molecule has 8 rings (SSSR count). The monoisotopic (exact) mass is 663 g/mol. The molecule has 4 saturated heterocycles. The summed E-state index contributed by atoms with van der Waals surface area (Å²) in [7, 11) is 0.